The number of hydrogen-bond acceptors (Lipinski definition) is 8. The third kappa shape index (κ3) is 21.2. The van der Waals surface area contributed by atoms with E-state index in [0.29, 0.717) is 0 Å². The van der Waals surface area contributed by atoms with Crippen LogP contribution in [0.25, 0.3) is 21.5 Å². The van der Waals surface area contributed by atoms with Crippen LogP contribution in [0.15, 0.2) is 60.7 Å². The molecule has 0 unspecified atom stereocenters. The third-order valence-corrected chi connectivity index (χ3v) is 3.54. The van der Waals surface area contributed by atoms with Crippen LogP contribution in [0.4, 0.5) is 52.7 Å². The SMILES string of the molecule is O=C([O-])C(F)(F)F.O=C([O-])C(F)(F)F.O=C([O-])C(F)(F)F.O=C([O-])C(F)(F)F.[Rh+2].[Rh+2].c1ccc2cc3ccccc3cc2c1. The zero-order valence-corrected chi connectivity index (χ0v) is 23.5. The van der Waals surface area contributed by atoms with Gasteiger partial charge in [0.2, 0.25) is 0 Å². The minimum absolute atomic E-state index is 0. The van der Waals surface area contributed by atoms with Gasteiger partial charge in [-0.1, -0.05) is 48.5 Å². The van der Waals surface area contributed by atoms with Crippen LogP contribution in [-0.2, 0) is 58.1 Å². The summed E-state index contributed by atoms with van der Waals surface area (Å²) >= 11 is 0. The van der Waals surface area contributed by atoms with Crippen molar-refractivity contribution in [2.75, 3.05) is 0 Å². The van der Waals surface area contributed by atoms with Crippen LogP contribution in [0.1, 0.15) is 0 Å². The van der Waals surface area contributed by atoms with Crippen LogP contribution < -0.4 is 20.4 Å². The van der Waals surface area contributed by atoms with Crippen molar-refractivity contribution in [1.29, 1.82) is 0 Å². The summed E-state index contributed by atoms with van der Waals surface area (Å²) in [5, 5.41) is 40.4. The molecule has 0 atom stereocenters. The second kappa shape index (κ2) is 19.7. The van der Waals surface area contributed by atoms with Crippen LogP contribution in [0.3, 0.4) is 0 Å². The number of carboxylic acid groups (broad SMARTS) is 4. The second-order valence-corrected chi connectivity index (χ2v) is 6.69. The summed E-state index contributed by atoms with van der Waals surface area (Å²) in [4.78, 5) is 35.1. The first-order valence-electron chi connectivity index (χ1n) is 9.71. The molecule has 0 N–H and O–H groups in total. The van der Waals surface area contributed by atoms with E-state index in [2.05, 4.69) is 60.7 Å². The van der Waals surface area contributed by atoms with E-state index in [1.807, 2.05) is 0 Å². The van der Waals surface area contributed by atoms with Crippen molar-refractivity contribution in [2.24, 2.45) is 0 Å². The Labute approximate surface area is 261 Å². The Morgan fingerprint density at radius 1 is 0.386 bits per heavy atom. The molecule has 22 heteroatoms. The first-order valence-corrected chi connectivity index (χ1v) is 9.71. The molecular weight excluding hydrogens is 826 g/mol. The number of fused-ring (bicyclic) bond motifs is 2. The maximum absolute atomic E-state index is 10.5. The van der Waals surface area contributed by atoms with Gasteiger partial charge in [0.05, 0.1) is 0 Å². The maximum atomic E-state index is 10.5. The average molecular weight is 836 g/mol. The van der Waals surface area contributed by atoms with E-state index in [1.165, 1.54) is 21.5 Å². The van der Waals surface area contributed by atoms with Crippen LogP contribution >= 0.6 is 0 Å². The molecule has 44 heavy (non-hydrogen) atoms. The minimum atomic E-state index is -5.19. The Bertz CT molecular complexity index is 1150. The molecule has 0 heterocycles. The van der Waals surface area contributed by atoms with Crippen molar-refractivity contribution < 1.29 is 131 Å². The molecule has 0 aliphatic heterocycles. The molecule has 8 nitrogen and oxygen atoms in total. The summed E-state index contributed by atoms with van der Waals surface area (Å²) < 4.78 is 126. The molecule has 0 aliphatic rings. The molecule has 0 amide bonds. The van der Waals surface area contributed by atoms with E-state index in [4.69, 9.17) is 39.6 Å². The van der Waals surface area contributed by atoms with Gasteiger partial charge in [-0.25, -0.2) is 0 Å². The van der Waals surface area contributed by atoms with Crippen LogP contribution in [-0.4, -0.2) is 48.6 Å². The standard InChI is InChI=1S/C14H10.4C2HF3O2.2Rh/c1-2-6-12-10-14-8-4-3-7-13(14)9-11(12)5-1;4*3-2(4,5)1(6)7;;/h1-10H;4*(H,6,7);;/q;;;;;2*+2/p-4. The molecule has 0 saturated carbocycles. The molecule has 0 bridgehead atoms. The van der Waals surface area contributed by atoms with Gasteiger partial charge in [0.15, 0.2) is 0 Å². The smallest absolute Gasteiger partial charge is 0.542 e. The van der Waals surface area contributed by atoms with Crippen LogP contribution in [0.2, 0.25) is 0 Å². The van der Waals surface area contributed by atoms with Gasteiger partial charge < -0.3 is 39.6 Å². The largest absolute Gasteiger partial charge is 2.00 e. The number of benzene rings is 3. The summed E-state index contributed by atoms with van der Waals surface area (Å²) in [5.74, 6) is -12.0. The number of hydrogen-bond donors (Lipinski definition) is 0. The van der Waals surface area contributed by atoms with Crippen molar-refractivity contribution in [3.8, 4) is 0 Å². The molecule has 0 aliphatic carbocycles. The Balaban J connectivity index is -0.000000236. The molecule has 0 fully saturated rings. The van der Waals surface area contributed by atoms with Gasteiger partial charge in [0.1, 0.15) is 23.9 Å². The Kier molecular flexibility index (Phi) is 21.2. The van der Waals surface area contributed by atoms with Gasteiger partial charge in [0, 0.05) is 0 Å². The Hall–Kier alpha value is -3.53. The van der Waals surface area contributed by atoms with Gasteiger partial charge >= 0.3 is 63.7 Å². The van der Waals surface area contributed by atoms with E-state index in [9.17, 15) is 52.7 Å². The van der Waals surface area contributed by atoms with E-state index < -0.39 is 48.6 Å². The first-order chi connectivity index (χ1) is 18.7. The predicted molar refractivity (Wildman–Crippen MR) is 106 cm³/mol. The van der Waals surface area contributed by atoms with Gasteiger partial charge in [0.25, 0.3) is 0 Å². The Morgan fingerprint density at radius 2 is 0.500 bits per heavy atom. The predicted octanol–water partition coefficient (Wildman–Crippen LogP) is 1.18. The van der Waals surface area contributed by atoms with Crippen molar-refractivity contribution in [2.45, 2.75) is 24.7 Å². The van der Waals surface area contributed by atoms with E-state index in [0.717, 1.165) is 0 Å². The summed E-state index contributed by atoms with van der Waals surface area (Å²) in [6.45, 7) is 0. The first kappa shape index (κ1) is 47.4. The van der Waals surface area contributed by atoms with Crippen LogP contribution in [0, 0.1) is 0 Å². The van der Waals surface area contributed by atoms with Gasteiger partial charge in [-0.2, -0.15) is 52.7 Å². The molecule has 3 aromatic rings. The molecule has 3 rings (SSSR count). The number of halogens is 12. The summed E-state index contributed by atoms with van der Waals surface area (Å²) in [7, 11) is 0. The monoisotopic (exact) mass is 836 g/mol. The average Bonchev–Trinajstić information content (AvgIpc) is 2.82. The topological polar surface area (TPSA) is 161 Å². The summed E-state index contributed by atoms with van der Waals surface area (Å²) in [5.41, 5.74) is 0. The number of rotatable bonds is 0. The number of alkyl halides is 12. The van der Waals surface area contributed by atoms with E-state index in [-0.39, 0.29) is 39.0 Å². The van der Waals surface area contributed by atoms with Gasteiger partial charge in [-0.3, -0.25) is 0 Å². The summed E-state index contributed by atoms with van der Waals surface area (Å²) in [6, 6.07) is 21.4. The normalized spacial score (nSPS) is 10.6. The molecule has 2 radical (unpaired) electrons. The zero-order chi connectivity index (χ0) is 33.7. The van der Waals surface area contributed by atoms with Crippen molar-refractivity contribution >= 4 is 45.4 Å². The molecule has 248 valence electrons. The quantitative estimate of drug-likeness (QED) is 0.186. The maximum Gasteiger partial charge on any atom is 2.00 e. The molecule has 0 spiro atoms. The zero-order valence-electron chi connectivity index (χ0n) is 20.2. The number of carbonyl (C=O) groups excluding carboxylic acids is 4. The molecular formula is C22H10F12O8Rh2. The van der Waals surface area contributed by atoms with Crippen molar-refractivity contribution in [3.63, 3.8) is 0 Å². The minimum Gasteiger partial charge on any atom is -0.542 e. The van der Waals surface area contributed by atoms with E-state index in [1.54, 1.807) is 0 Å². The molecule has 0 saturated heterocycles. The third-order valence-electron chi connectivity index (χ3n) is 3.54. The fraction of sp³-hybridized carbons (Fsp3) is 0.182. The summed E-state index contributed by atoms with van der Waals surface area (Å²) in [6.07, 6.45) is -20.8. The van der Waals surface area contributed by atoms with Crippen molar-refractivity contribution in [1.82, 2.24) is 0 Å². The van der Waals surface area contributed by atoms with Crippen LogP contribution in [0.5, 0.6) is 0 Å². The fourth-order valence-corrected chi connectivity index (χ4v) is 1.88. The molecule has 3 aromatic carbocycles. The Morgan fingerprint density at radius 3 is 0.591 bits per heavy atom. The second-order valence-electron chi connectivity index (χ2n) is 6.69. The molecule has 0 aromatic heterocycles. The van der Waals surface area contributed by atoms with Gasteiger partial charge in [-0.15, -0.1) is 0 Å². The fourth-order valence-electron chi connectivity index (χ4n) is 1.88. The number of carbonyl (C=O) groups is 4. The van der Waals surface area contributed by atoms with Crippen molar-refractivity contribution in [3.05, 3.63) is 60.7 Å². The van der Waals surface area contributed by atoms with E-state index >= 15 is 0 Å². The van der Waals surface area contributed by atoms with Gasteiger partial charge in [-0.05, 0) is 33.7 Å². The number of aliphatic carboxylic acids is 4. The number of carboxylic acids is 4.